The zero-order valence-electron chi connectivity index (χ0n) is 13.8. The Balaban J connectivity index is 2.19. The van der Waals surface area contributed by atoms with Gasteiger partial charge >= 0.3 is 0 Å². The average molecular weight is 334 g/mol. The highest BCUT2D eigenvalue weighted by molar-refractivity contribution is 6.04. The molecule has 0 saturated heterocycles. The van der Waals surface area contributed by atoms with Gasteiger partial charge in [0.15, 0.2) is 0 Å². The number of rotatable bonds is 5. The van der Waals surface area contributed by atoms with Crippen LogP contribution in [0.5, 0.6) is 0 Å². The van der Waals surface area contributed by atoms with Gasteiger partial charge in [-0.1, -0.05) is 13.8 Å². The van der Waals surface area contributed by atoms with Crippen LogP contribution >= 0.6 is 0 Å². The molecule has 130 valence electrons. The number of carbonyl (C=O) groups excluding carboxylic acids is 1. The summed E-state index contributed by atoms with van der Waals surface area (Å²) < 4.78 is 0. The van der Waals surface area contributed by atoms with Crippen LogP contribution < -0.4 is 0 Å². The smallest absolute Gasteiger partial charge is 0.269 e. The predicted molar refractivity (Wildman–Crippen MR) is 89.0 cm³/mol. The maximum Gasteiger partial charge on any atom is 0.269 e. The van der Waals surface area contributed by atoms with E-state index in [0.717, 1.165) is 0 Å². The molecule has 7 nitrogen and oxygen atoms in total. The fourth-order valence-electron chi connectivity index (χ4n) is 3.05. The first-order valence-corrected chi connectivity index (χ1v) is 7.82. The number of non-ortho nitro benzene ring substituents is 1. The van der Waals surface area contributed by atoms with Crippen molar-refractivity contribution in [2.75, 3.05) is 6.61 Å². The summed E-state index contributed by atoms with van der Waals surface area (Å²) >= 11 is 0. The quantitative estimate of drug-likeness (QED) is 0.633. The number of benzene rings is 1. The summed E-state index contributed by atoms with van der Waals surface area (Å²) in [6.07, 6.45) is 0.291. The molecule has 7 heteroatoms. The molecule has 1 aliphatic carbocycles. The molecule has 0 spiro atoms. The number of ketones is 1. The van der Waals surface area contributed by atoms with E-state index in [1.54, 1.807) is 0 Å². The number of nitrogens with zero attached hydrogens (tertiary/aromatic N) is 2. The minimum absolute atomic E-state index is 0.0718. The molecule has 2 rings (SSSR count). The summed E-state index contributed by atoms with van der Waals surface area (Å²) in [5.41, 5.74) is 0.867. The molecule has 2 atom stereocenters. The monoisotopic (exact) mass is 334 g/mol. The fourth-order valence-corrected chi connectivity index (χ4v) is 3.05. The molecule has 1 aliphatic rings. The van der Waals surface area contributed by atoms with Gasteiger partial charge in [-0.05, 0) is 29.5 Å². The van der Waals surface area contributed by atoms with Crippen LogP contribution in [0.2, 0.25) is 0 Å². The van der Waals surface area contributed by atoms with Crippen LogP contribution in [-0.2, 0) is 4.79 Å². The van der Waals surface area contributed by atoms with Gasteiger partial charge in [-0.2, -0.15) is 0 Å². The minimum atomic E-state index is -1.09. The van der Waals surface area contributed by atoms with Gasteiger partial charge in [0.25, 0.3) is 5.69 Å². The highest BCUT2D eigenvalue weighted by atomic mass is 16.6. The van der Waals surface area contributed by atoms with E-state index in [1.165, 1.54) is 24.3 Å². The number of nitro groups is 1. The number of aliphatic hydroxyl groups excluding tert-OH is 2. The summed E-state index contributed by atoms with van der Waals surface area (Å²) in [5.74, 6) is 0.103. The predicted octanol–water partition coefficient (Wildman–Crippen LogP) is 2.21. The number of hydrogen-bond acceptors (Lipinski definition) is 6. The van der Waals surface area contributed by atoms with Crippen molar-refractivity contribution in [1.82, 2.24) is 0 Å². The van der Waals surface area contributed by atoms with Gasteiger partial charge in [-0.3, -0.25) is 19.9 Å². The van der Waals surface area contributed by atoms with Crippen LogP contribution in [0.3, 0.4) is 0 Å². The lowest BCUT2D eigenvalue weighted by atomic mass is 9.76. The zero-order chi connectivity index (χ0) is 17.9. The van der Waals surface area contributed by atoms with E-state index in [2.05, 4.69) is 4.99 Å². The normalized spacial score (nSPS) is 21.5. The van der Waals surface area contributed by atoms with Crippen LogP contribution in [0.4, 0.5) is 5.69 Å². The first kappa shape index (κ1) is 18.2. The largest absolute Gasteiger partial charge is 0.394 e. The number of aliphatic imine (C=N–C) groups is 1. The third-order valence-corrected chi connectivity index (χ3v) is 4.10. The van der Waals surface area contributed by atoms with Crippen LogP contribution in [0, 0.1) is 15.5 Å². The van der Waals surface area contributed by atoms with Crippen molar-refractivity contribution in [3.8, 4) is 0 Å². The molecule has 0 radical (unpaired) electrons. The van der Waals surface area contributed by atoms with Crippen molar-refractivity contribution < 1.29 is 19.9 Å². The number of carbonyl (C=O) groups is 1. The van der Waals surface area contributed by atoms with Gasteiger partial charge in [0, 0.05) is 30.7 Å². The average Bonchev–Trinajstić information content (AvgIpc) is 2.50. The Morgan fingerprint density at radius 3 is 2.42 bits per heavy atom. The van der Waals surface area contributed by atoms with E-state index in [1.807, 2.05) is 13.8 Å². The topological polar surface area (TPSA) is 113 Å². The zero-order valence-corrected chi connectivity index (χ0v) is 13.8. The molecular formula is C17H22N2O5. The van der Waals surface area contributed by atoms with E-state index in [-0.39, 0.29) is 29.9 Å². The molecule has 0 bridgehead atoms. The molecule has 0 amide bonds. The van der Waals surface area contributed by atoms with Crippen molar-refractivity contribution in [3.63, 3.8) is 0 Å². The van der Waals surface area contributed by atoms with Crippen LogP contribution in [0.15, 0.2) is 29.3 Å². The summed E-state index contributed by atoms with van der Waals surface area (Å²) in [6.45, 7) is 3.59. The molecule has 1 fully saturated rings. The summed E-state index contributed by atoms with van der Waals surface area (Å²) in [7, 11) is 0. The molecule has 1 aromatic rings. The van der Waals surface area contributed by atoms with E-state index in [0.29, 0.717) is 24.1 Å². The lowest BCUT2D eigenvalue weighted by molar-refractivity contribution is -0.384. The van der Waals surface area contributed by atoms with Crippen molar-refractivity contribution in [3.05, 3.63) is 39.9 Å². The van der Waals surface area contributed by atoms with Gasteiger partial charge in [-0.25, -0.2) is 0 Å². The van der Waals surface area contributed by atoms with E-state index < -0.39 is 17.1 Å². The molecule has 1 aromatic carbocycles. The fraction of sp³-hybridized carbons (Fsp3) is 0.529. The standard InChI is InChI=1S/C17H22N2O5/c1-17(2)8-12(7-14(21)9-17)18-15(10-20)16(22)11-3-5-13(6-4-11)19(23)24/h3-6,15-16,20,22H,7-10H2,1-2H3/t15-,16+/m0/s1. The highest BCUT2D eigenvalue weighted by Crippen LogP contribution is 2.32. The van der Waals surface area contributed by atoms with Gasteiger partial charge in [-0.15, -0.1) is 0 Å². The maximum atomic E-state index is 11.8. The van der Waals surface area contributed by atoms with E-state index in [4.69, 9.17) is 0 Å². The van der Waals surface area contributed by atoms with Crippen molar-refractivity contribution in [2.24, 2.45) is 10.4 Å². The molecule has 1 saturated carbocycles. The van der Waals surface area contributed by atoms with E-state index in [9.17, 15) is 25.1 Å². The van der Waals surface area contributed by atoms with Gasteiger partial charge in [0.05, 0.1) is 11.5 Å². The second-order valence-electron chi connectivity index (χ2n) is 6.97. The molecule has 0 heterocycles. The molecule has 0 aromatic heterocycles. The number of aliphatic hydroxyl groups is 2. The van der Waals surface area contributed by atoms with Gasteiger partial charge < -0.3 is 10.2 Å². The second kappa shape index (κ2) is 7.19. The molecule has 0 unspecified atom stereocenters. The van der Waals surface area contributed by atoms with E-state index >= 15 is 0 Å². The third kappa shape index (κ3) is 4.46. The second-order valence-corrected chi connectivity index (χ2v) is 6.97. The lowest BCUT2D eigenvalue weighted by Crippen LogP contribution is -2.31. The van der Waals surface area contributed by atoms with Crippen LogP contribution in [-0.4, -0.2) is 39.3 Å². The van der Waals surface area contributed by atoms with Crippen molar-refractivity contribution in [2.45, 2.75) is 45.3 Å². The van der Waals surface area contributed by atoms with Crippen LogP contribution in [0.25, 0.3) is 0 Å². The first-order valence-electron chi connectivity index (χ1n) is 7.82. The third-order valence-electron chi connectivity index (χ3n) is 4.10. The summed E-state index contributed by atoms with van der Waals surface area (Å²) in [4.78, 5) is 26.4. The Kier molecular flexibility index (Phi) is 5.46. The molecule has 24 heavy (non-hydrogen) atoms. The number of Topliss-reactive ketones (excluding diaryl/α,β-unsaturated/α-hetero) is 1. The Labute approximate surface area is 140 Å². The van der Waals surface area contributed by atoms with Crippen LogP contribution in [0.1, 0.15) is 44.8 Å². The SMILES string of the molecule is CC1(C)CC(=O)CC(=N[C@@H](CO)[C@H](O)c2ccc([N+](=O)[O-])cc2)C1. The molecule has 2 N–H and O–H groups in total. The minimum Gasteiger partial charge on any atom is -0.394 e. The Bertz CT molecular complexity index is 651. The number of hydrogen-bond donors (Lipinski definition) is 2. The maximum absolute atomic E-state index is 11.8. The molecule has 0 aliphatic heterocycles. The highest BCUT2D eigenvalue weighted by Gasteiger charge is 2.31. The first-order chi connectivity index (χ1) is 11.2. The molecular weight excluding hydrogens is 312 g/mol. The van der Waals surface area contributed by atoms with Crippen molar-refractivity contribution in [1.29, 1.82) is 0 Å². The number of nitro benzene ring substituents is 1. The Morgan fingerprint density at radius 2 is 1.92 bits per heavy atom. The van der Waals surface area contributed by atoms with Gasteiger partial charge in [0.2, 0.25) is 0 Å². The summed E-state index contributed by atoms with van der Waals surface area (Å²) in [6, 6.07) is 4.69. The van der Waals surface area contributed by atoms with Gasteiger partial charge in [0.1, 0.15) is 17.9 Å². The lowest BCUT2D eigenvalue weighted by Gasteiger charge is -2.30. The Hall–Kier alpha value is -2.12. The van der Waals surface area contributed by atoms with Crippen molar-refractivity contribution >= 4 is 17.2 Å². The Morgan fingerprint density at radius 1 is 1.29 bits per heavy atom. The summed E-state index contributed by atoms with van der Waals surface area (Å²) in [5, 5.41) is 30.7.